The summed E-state index contributed by atoms with van der Waals surface area (Å²) in [5.74, 6) is 0.211. The molecule has 10 heteroatoms. The van der Waals surface area contributed by atoms with Gasteiger partial charge in [0.25, 0.3) is 0 Å². The molecule has 1 aromatic rings. The van der Waals surface area contributed by atoms with E-state index in [0.29, 0.717) is 18.1 Å². The summed E-state index contributed by atoms with van der Waals surface area (Å²) < 4.78 is 0. The summed E-state index contributed by atoms with van der Waals surface area (Å²) in [5.41, 5.74) is 0. The van der Waals surface area contributed by atoms with E-state index in [0.717, 1.165) is 69.6 Å². The summed E-state index contributed by atoms with van der Waals surface area (Å²) in [6, 6.07) is 0.638. The van der Waals surface area contributed by atoms with Gasteiger partial charge in [0.05, 0.1) is 0 Å². The Morgan fingerprint density at radius 2 is 1.71 bits per heavy atom. The van der Waals surface area contributed by atoms with Crippen LogP contribution in [0.2, 0.25) is 0 Å². The molecule has 9 nitrogen and oxygen atoms in total. The first kappa shape index (κ1) is 23.9. The van der Waals surface area contributed by atoms with Gasteiger partial charge >= 0.3 is 0 Å². The number of carbonyl (C=O) groups excluding carboxylic acids is 2. The predicted molar refractivity (Wildman–Crippen MR) is 134 cm³/mol. The molecule has 0 unspecified atom stereocenters. The second kappa shape index (κ2) is 11.3. The van der Waals surface area contributed by atoms with Crippen molar-refractivity contribution in [3.05, 3.63) is 0 Å². The average molecular weight is 490 g/mol. The molecule has 1 atom stereocenters. The molecule has 1 N–H and O–H groups in total. The number of piperazine rings is 1. The summed E-state index contributed by atoms with van der Waals surface area (Å²) >= 11 is 1.43. The molecule has 4 fully saturated rings. The fraction of sp³-hybridized carbons (Fsp3) is 0.833. The Morgan fingerprint density at radius 1 is 0.912 bits per heavy atom. The maximum atomic E-state index is 12.9. The SMILES string of the molecule is O=C(NCCCN1CCN(C2CCCCC2)CC1)[C@@H]1CCCN1c1nnc(N2CCCC2=O)s1. The van der Waals surface area contributed by atoms with Crippen LogP contribution in [0.3, 0.4) is 0 Å². The highest BCUT2D eigenvalue weighted by Crippen LogP contribution is 2.33. The number of anilines is 2. The number of carbonyl (C=O) groups is 2. The maximum absolute atomic E-state index is 12.9. The Balaban J connectivity index is 1.03. The van der Waals surface area contributed by atoms with Crippen molar-refractivity contribution in [1.29, 1.82) is 0 Å². The summed E-state index contributed by atoms with van der Waals surface area (Å²) in [4.78, 5) is 34.0. The van der Waals surface area contributed by atoms with E-state index in [1.165, 1.54) is 56.5 Å². The zero-order valence-electron chi connectivity index (χ0n) is 20.3. The number of rotatable bonds is 8. The van der Waals surface area contributed by atoms with Gasteiger partial charge in [-0.25, -0.2) is 0 Å². The minimum Gasteiger partial charge on any atom is -0.354 e. The number of hydrogen-bond donors (Lipinski definition) is 1. The zero-order chi connectivity index (χ0) is 23.3. The highest BCUT2D eigenvalue weighted by Gasteiger charge is 2.34. The minimum atomic E-state index is -0.186. The van der Waals surface area contributed by atoms with Crippen LogP contribution >= 0.6 is 11.3 Å². The zero-order valence-corrected chi connectivity index (χ0v) is 21.1. The molecule has 3 aliphatic heterocycles. The molecule has 2 amide bonds. The van der Waals surface area contributed by atoms with E-state index >= 15 is 0 Å². The van der Waals surface area contributed by atoms with Gasteiger partial charge in [-0.2, -0.15) is 0 Å². The minimum absolute atomic E-state index is 0.0913. The van der Waals surface area contributed by atoms with Crippen LogP contribution in [0.5, 0.6) is 0 Å². The van der Waals surface area contributed by atoms with Crippen molar-refractivity contribution in [2.24, 2.45) is 0 Å². The maximum Gasteiger partial charge on any atom is 0.242 e. The Kier molecular flexibility index (Phi) is 7.96. The lowest BCUT2D eigenvalue weighted by Crippen LogP contribution is -2.51. The van der Waals surface area contributed by atoms with Gasteiger partial charge < -0.3 is 15.1 Å². The van der Waals surface area contributed by atoms with E-state index in [1.807, 2.05) is 0 Å². The van der Waals surface area contributed by atoms with Gasteiger partial charge in [0.2, 0.25) is 22.1 Å². The van der Waals surface area contributed by atoms with Crippen molar-refractivity contribution in [2.45, 2.75) is 76.3 Å². The molecule has 1 saturated carbocycles. The third-order valence-electron chi connectivity index (χ3n) is 7.96. The van der Waals surface area contributed by atoms with Crippen LogP contribution in [-0.4, -0.2) is 96.3 Å². The Morgan fingerprint density at radius 3 is 2.47 bits per heavy atom. The van der Waals surface area contributed by atoms with Gasteiger partial charge in [0.1, 0.15) is 6.04 Å². The van der Waals surface area contributed by atoms with Crippen molar-refractivity contribution < 1.29 is 9.59 Å². The molecule has 5 rings (SSSR count). The molecule has 0 radical (unpaired) electrons. The van der Waals surface area contributed by atoms with Gasteiger partial charge in [-0.3, -0.25) is 19.4 Å². The molecule has 0 aromatic carbocycles. The fourth-order valence-electron chi connectivity index (χ4n) is 5.98. The van der Waals surface area contributed by atoms with Crippen molar-refractivity contribution in [3.63, 3.8) is 0 Å². The Labute approximate surface area is 206 Å². The van der Waals surface area contributed by atoms with E-state index in [-0.39, 0.29) is 17.9 Å². The van der Waals surface area contributed by atoms with Gasteiger partial charge in [-0.15, -0.1) is 10.2 Å². The van der Waals surface area contributed by atoms with Crippen molar-refractivity contribution in [1.82, 2.24) is 25.3 Å². The first-order valence-corrected chi connectivity index (χ1v) is 14.2. The molecular weight excluding hydrogens is 450 g/mol. The molecule has 188 valence electrons. The summed E-state index contributed by atoms with van der Waals surface area (Å²) in [6.07, 6.45) is 11.3. The van der Waals surface area contributed by atoms with Crippen LogP contribution in [0.25, 0.3) is 0 Å². The van der Waals surface area contributed by atoms with Crippen LogP contribution in [0, 0.1) is 0 Å². The first-order chi connectivity index (χ1) is 16.7. The standard InChI is InChI=1S/C24H39N7O2S/c32-21-10-5-14-31(21)24-27-26-23(34-24)30-13-4-9-20(30)22(33)25-11-6-12-28-15-17-29(18-16-28)19-7-2-1-3-8-19/h19-20H,1-18H2,(H,25,33)/t20-/m0/s1. The van der Waals surface area contributed by atoms with E-state index in [1.54, 1.807) is 4.90 Å². The van der Waals surface area contributed by atoms with Gasteiger partial charge in [-0.05, 0) is 45.1 Å². The molecule has 4 heterocycles. The highest BCUT2D eigenvalue weighted by molar-refractivity contribution is 7.19. The fourth-order valence-corrected chi connectivity index (χ4v) is 6.95. The number of nitrogens with zero attached hydrogens (tertiary/aromatic N) is 6. The van der Waals surface area contributed by atoms with Gasteiger partial charge in [0, 0.05) is 58.3 Å². The normalized spacial score (nSPS) is 25.4. The van der Waals surface area contributed by atoms with Gasteiger partial charge in [0.15, 0.2) is 0 Å². The average Bonchev–Trinajstić information content (AvgIpc) is 3.63. The van der Waals surface area contributed by atoms with Crippen LogP contribution in [0.1, 0.15) is 64.2 Å². The van der Waals surface area contributed by atoms with Crippen LogP contribution < -0.4 is 15.1 Å². The number of nitrogens with one attached hydrogen (secondary N) is 1. The monoisotopic (exact) mass is 489 g/mol. The number of aromatic nitrogens is 2. The largest absolute Gasteiger partial charge is 0.354 e. The highest BCUT2D eigenvalue weighted by atomic mass is 32.1. The second-order valence-electron chi connectivity index (χ2n) is 10.2. The van der Waals surface area contributed by atoms with Crippen LogP contribution in [-0.2, 0) is 9.59 Å². The van der Waals surface area contributed by atoms with E-state index in [2.05, 4.69) is 30.2 Å². The lowest BCUT2D eigenvalue weighted by atomic mass is 9.94. The Bertz CT molecular complexity index is 835. The lowest BCUT2D eigenvalue weighted by Gasteiger charge is -2.40. The molecule has 4 aliphatic rings. The topological polar surface area (TPSA) is 84.9 Å². The van der Waals surface area contributed by atoms with E-state index in [4.69, 9.17) is 0 Å². The van der Waals surface area contributed by atoms with Crippen molar-refractivity contribution >= 4 is 33.4 Å². The first-order valence-electron chi connectivity index (χ1n) is 13.3. The number of hydrogen-bond acceptors (Lipinski definition) is 8. The molecule has 1 aliphatic carbocycles. The predicted octanol–water partition coefficient (Wildman–Crippen LogP) is 2.09. The van der Waals surface area contributed by atoms with Crippen LogP contribution in [0.4, 0.5) is 10.3 Å². The lowest BCUT2D eigenvalue weighted by molar-refractivity contribution is -0.122. The number of amides is 2. The molecule has 0 spiro atoms. The van der Waals surface area contributed by atoms with E-state index in [9.17, 15) is 9.59 Å². The Hall–Kier alpha value is -1.78. The molecule has 3 saturated heterocycles. The smallest absolute Gasteiger partial charge is 0.242 e. The second-order valence-corrected chi connectivity index (χ2v) is 11.1. The quantitative estimate of drug-likeness (QED) is 0.560. The molecule has 1 aromatic heterocycles. The van der Waals surface area contributed by atoms with Crippen molar-refractivity contribution in [2.75, 3.05) is 62.2 Å². The summed E-state index contributed by atoms with van der Waals surface area (Å²) in [7, 11) is 0. The van der Waals surface area contributed by atoms with Crippen molar-refractivity contribution in [3.8, 4) is 0 Å². The third-order valence-corrected chi connectivity index (χ3v) is 8.94. The molecular formula is C24H39N7O2S. The third kappa shape index (κ3) is 5.54. The molecule has 34 heavy (non-hydrogen) atoms. The summed E-state index contributed by atoms with van der Waals surface area (Å²) in [6.45, 7) is 7.99. The summed E-state index contributed by atoms with van der Waals surface area (Å²) in [5, 5.41) is 13.1. The van der Waals surface area contributed by atoms with Crippen LogP contribution in [0.15, 0.2) is 0 Å². The van der Waals surface area contributed by atoms with Gasteiger partial charge in [-0.1, -0.05) is 30.6 Å². The van der Waals surface area contributed by atoms with E-state index < -0.39 is 0 Å². The molecule has 0 bridgehead atoms.